The topological polar surface area (TPSA) is 74.6 Å². The highest BCUT2D eigenvalue weighted by Gasteiger charge is 2.25. The summed E-state index contributed by atoms with van der Waals surface area (Å²) in [5.41, 5.74) is 2.01. The van der Waals surface area contributed by atoms with Gasteiger partial charge >= 0.3 is 11.9 Å². The number of aryl methyl sites for hydroxylation is 1. The molecule has 0 radical (unpaired) electrons. The van der Waals surface area contributed by atoms with E-state index < -0.39 is 11.9 Å². The molecule has 0 saturated carbocycles. The Kier molecular flexibility index (Phi) is 4.43. The van der Waals surface area contributed by atoms with Crippen LogP contribution < -0.4 is 0 Å². The maximum atomic E-state index is 11.8. The molecule has 2 N–H and O–H groups in total. The van der Waals surface area contributed by atoms with Gasteiger partial charge in [-0.15, -0.1) is 11.3 Å². The average molecular weight is 304 g/mol. The fourth-order valence-corrected chi connectivity index (χ4v) is 3.37. The third-order valence-electron chi connectivity index (χ3n) is 3.46. The van der Waals surface area contributed by atoms with E-state index in [0.29, 0.717) is 24.0 Å². The van der Waals surface area contributed by atoms with Crippen molar-refractivity contribution in [3.8, 4) is 10.4 Å². The average Bonchev–Trinajstić information content (AvgIpc) is 2.98. The van der Waals surface area contributed by atoms with Crippen molar-refractivity contribution >= 4 is 23.3 Å². The second-order valence-electron chi connectivity index (χ2n) is 4.61. The van der Waals surface area contributed by atoms with E-state index in [1.54, 1.807) is 13.0 Å². The number of carbonyl (C=O) groups is 2. The molecule has 1 heterocycles. The molecule has 0 aliphatic carbocycles. The van der Waals surface area contributed by atoms with Crippen LogP contribution in [0.25, 0.3) is 10.4 Å². The van der Waals surface area contributed by atoms with Crippen molar-refractivity contribution in [1.82, 2.24) is 0 Å². The van der Waals surface area contributed by atoms with Crippen LogP contribution in [-0.2, 0) is 12.8 Å². The summed E-state index contributed by atoms with van der Waals surface area (Å²) in [5.74, 6) is -2.16. The molecule has 5 heteroatoms. The first-order valence-corrected chi connectivity index (χ1v) is 7.58. The first-order valence-electron chi connectivity index (χ1n) is 6.70. The molecule has 0 amide bonds. The fourth-order valence-electron chi connectivity index (χ4n) is 2.55. The van der Waals surface area contributed by atoms with Crippen LogP contribution in [0.15, 0.2) is 23.6 Å². The van der Waals surface area contributed by atoms with Crippen molar-refractivity contribution in [2.75, 3.05) is 0 Å². The van der Waals surface area contributed by atoms with Crippen molar-refractivity contribution in [1.29, 1.82) is 0 Å². The molecule has 0 aliphatic heterocycles. The third-order valence-corrected chi connectivity index (χ3v) is 4.35. The molecule has 2 rings (SSSR count). The summed E-state index contributed by atoms with van der Waals surface area (Å²) in [4.78, 5) is 24.0. The van der Waals surface area contributed by atoms with Crippen LogP contribution >= 0.6 is 11.3 Å². The fraction of sp³-hybridized carbons (Fsp3) is 0.250. The second kappa shape index (κ2) is 6.10. The molecule has 1 aromatic carbocycles. The van der Waals surface area contributed by atoms with Gasteiger partial charge in [-0.3, -0.25) is 0 Å². The zero-order valence-electron chi connectivity index (χ0n) is 11.8. The Balaban J connectivity index is 2.91. The summed E-state index contributed by atoms with van der Waals surface area (Å²) in [6.07, 6.45) is 0.948. The van der Waals surface area contributed by atoms with Gasteiger partial charge in [0.2, 0.25) is 0 Å². The molecule has 0 spiro atoms. The Morgan fingerprint density at radius 1 is 1.14 bits per heavy atom. The minimum atomic E-state index is -1.08. The molecule has 21 heavy (non-hydrogen) atoms. The molecule has 0 fully saturated rings. The number of aromatic carboxylic acids is 2. The number of thiophene rings is 1. The molecule has 0 unspecified atom stereocenters. The lowest BCUT2D eigenvalue weighted by Gasteiger charge is -2.16. The van der Waals surface area contributed by atoms with Crippen molar-refractivity contribution in [2.24, 2.45) is 0 Å². The minimum absolute atomic E-state index is 0.0899. The summed E-state index contributed by atoms with van der Waals surface area (Å²) in [5, 5.41) is 20.9. The van der Waals surface area contributed by atoms with Gasteiger partial charge in [0.1, 0.15) is 0 Å². The van der Waals surface area contributed by atoms with Gasteiger partial charge in [0.25, 0.3) is 0 Å². The molecule has 2 aromatic rings. The van der Waals surface area contributed by atoms with Crippen molar-refractivity contribution in [2.45, 2.75) is 26.7 Å². The summed E-state index contributed by atoms with van der Waals surface area (Å²) in [6.45, 7) is 3.67. The molecule has 0 aliphatic rings. The number of hydrogen-bond donors (Lipinski definition) is 2. The summed E-state index contributed by atoms with van der Waals surface area (Å²) in [6, 6.07) is 5.34. The molecule has 0 atom stereocenters. The highest BCUT2D eigenvalue weighted by Crippen LogP contribution is 2.36. The van der Waals surface area contributed by atoms with E-state index in [-0.39, 0.29) is 11.1 Å². The Morgan fingerprint density at radius 2 is 1.86 bits per heavy atom. The summed E-state index contributed by atoms with van der Waals surface area (Å²) >= 11 is 1.46. The van der Waals surface area contributed by atoms with Crippen LogP contribution in [0, 0.1) is 0 Å². The number of rotatable bonds is 5. The zero-order valence-corrected chi connectivity index (χ0v) is 12.7. The van der Waals surface area contributed by atoms with E-state index in [1.165, 1.54) is 11.3 Å². The predicted molar refractivity (Wildman–Crippen MR) is 82.4 cm³/mol. The van der Waals surface area contributed by atoms with Gasteiger partial charge in [-0.1, -0.05) is 19.9 Å². The molecule has 0 saturated heterocycles. The smallest absolute Gasteiger partial charge is 0.336 e. The molecule has 110 valence electrons. The molecule has 0 bridgehead atoms. The summed E-state index contributed by atoms with van der Waals surface area (Å²) < 4.78 is 0. The molecule has 1 aromatic heterocycles. The van der Waals surface area contributed by atoms with Crippen molar-refractivity contribution in [3.63, 3.8) is 0 Å². The Hall–Kier alpha value is -2.14. The zero-order chi connectivity index (χ0) is 15.6. The van der Waals surface area contributed by atoms with Crippen LogP contribution in [0.3, 0.4) is 0 Å². The number of benzene rings is 1. The van der Waals surface area contributed by atoms with E-state index in [9.17, 15) is 19.8 Å². The number of carboxylic acid groups (broad SMARTS) is 2. The van der Waals surface area contributed by atoms with Gasteiger partial charge in [0.05, 0.1) is 11.1 Å². The second-order valence-corrected chi connectivity index (χ2v) is 5.55. The van der Waals surface area contributed by atoms with Crippen molar-refractivity contribution < 1.29 is 19.8 Å². The maximum Gasteiger partial charge on any atom is 0.336 e. The Morgan fingerprint density at radius 3 is 2.29 bits per heavy atom. The van der Waals surface area contributed by atoms with Crippen LogP contribution in [0.2, 0.25) is 0 Å². The van der Waals surface area contributed by atoms with Gasteiger partial charge in [-0.05, 0) is 41.5 Å². The number of hydrogen-bond acceptors (Lipinski definition) is 3. The lowest BCUT2D eigenvalue weighted by molar-refractivity contribution is 0.0695. The Bertz CT molecular complexity index is 687. The minimum Gasteiger partial charge on any atom is -0.478 e. The van der Waals surface area contributed by atoms with E-state index in [4.69, 9.17) is 0 Å². The predicted octanol–water partition coefficient (Wildman–Crippen LogP) is 3.94. The molecular formula is C16H16O4S. The number of carboxylic acids is 2. The quantitative estimate of drug-likeness (QED) is 0.877. The first kappa shape index (κ1) is 15.3. The van der Waals surface area contributed by atoms with Gasteiger partial charge in [0, 0.05) is 10.4 Å². The van der Waals surface area contributed by atoms with Gasteiger partial charge in [0.15, 0.2) is 0 Å². The van der Waals surface area contributed by atoms with E-state index in [0.717, 1.165) is 10.4 Å². The largest absolute Gasteiger partial charge is 0.478 e. The van der Waals surface area contributed by atoms with Gasteiger partial charge in [-0.2, -0.15) is 0 Å². The van der Waals surface area contributed by atoms with E-state index in [2.05, 4.69) is 0 Å². The molecule has 4 nitrogen and oxygen atoms in total. The lowest BCUT2D eigenvalue weighted by atomic mass is 9.88. The van der Waals surface area contributed by atoms with Crippen molar-refractivity contribution in [3.05, 3.63) is 45.8 Å². The van der Waals surface area contributed by atoms with Gasteiger partial charge in [-0.25, -0.2) is 9.59 Å². The normalized spacial score (nSPS) is 10.6. The van der Waals surface area contributed by atoms with E-state index >= 15 is 0 Å². The van der Waals surface area contributed by atoms with Crippen LogP contribution in [0.4, 0.5) is 0 Å². The SMILES string of the molecule is CCc1cc(C(=O)O)c(CC)c(C(=O)O)c1-c1cccs1. The van der Waals surface area contributed by atoms with Crippen LogP contribution in [0.1, 0.15) is 45.7 Å². The monoisotopic (exact) mass is 304 g/mol. The third kappa shape index (κ3) is 2.69. The Labute approximate surface area is 126 Å². The van der Waals surface area contributed by atoms with Gasteiger partial charge < -0.3 is 10.2 Å². The first-order chi connectivity index (χ1) is 10.0. The summed E-state index contributed by atoms with van der Waals surface area (Å²) in [7, 11) is 0. The molecular weight excluding hydrogens is 288 g/mol. The van der Waals surface area contributed by atoms with Crippen LogP contribution in [0.5, 0.6) is 0 Å². The highest BCUT2D eigenvalue weighted by atomic mass is 32.1. The lowest BCUT2D eigenvalue weighted by Crippen LogP contribution is -2.13. The van der Waals surface area contributed by atoms with Crippen LogP contribution in [-0.4, -0.2) is 22.2 Å². The highest BCUT2D eigenvalue weighted by molar-refractivity contribution is 7.13. The van der Waals surface area contributed by atoms with E-state index in [1.807, 2.05) is 24.4 Å². The standard InChI is InChI=1S/C16H16O4S/c1-3-9-8-11(15(17)18)10(4-2)14(16(19)20)13(9)12-6-5-7-21-12/h5-8H,3-4H2,1-2H3,(H,17,18)(H,19,20). The maximum absolute atomic E-state index is 11.8.